The second-order valence-corrected chi connectivity index (χ2v) is 4.90. The van der Waals surface area contributed by atoms with Crippen LogP contribution in [0.4, 0.5) is 0 Å². The maximum Gasteiger partial charge on any atom is 0.373 e. The highest BCUT2D eigenvalue weighted by atomic mass is 16.5. The highest BCUT2D eigenvalue weighted by molar-refractivity contribution is 6.15. The number of carbonyl (C=O) groups is 2. The van der Waals surface area contributed by atoms with Crippen molar-refractivity contribution in [2.24, 2.45) is 0 Å². The molecule has 21 heavy (non-hydrogen) atoms. The largest absolute Gasteiger partial charge is 0.502 e. The lowest BCUT2D eigenvalue weighted by Crippen LogP contribution is -2.19. The minimum Gasteiger partial charge on any atom is -0.502 e. The molecule has 2 N–H and O–H groups in total. The number of benzene rings is 1. The SMILES string of the molecule is CCOC(=O)/C(O)=C1\CCc2c([nH]c3ccccc23)C1=O. The highest BCUT2D eigenvalue weighted by Gasteiger charge is 2.30. The maximum atomic E-state index is 12.5. The fraction of sp³-hybridized carbons (Fsp3) is 0.250. The van der Waals surface area contributed by atoms with Crippen LogP contribution in [0.5, 0.6) is 0 Å². The summed E-state index contributed by atoms with van der Waals surface area (Å²) in [6.07, 6.45) is 0.933. The maximum absolute atomic E-state index is 12.5. The summed E-state index contributed by atoms with van der Waals surface area (Å²) in [5.41, 5.74) is 2.39. The van der Waals surface area contributed by atoms with Gasteiger partial charge in [-0.05, 0) is 31.4 Å². The van der Waals surface area contributed by atoms with Crippen LogP contribution < -0.4 is 0 Å². The van der Waals surface area contributed by atoms with E-state index in [-0.39, 0.29) is 18.0 Å². The van der Waals surface area contributed by atoms with Crippen LogP contribution in [0, 0.1) is 0 Å². The van der Waals surface area contributed by atoms with Crippen molar-refractivity contribution in [2.45, 2.75) is 19.8 Å². The van der Waals surface area contributed by atoms with Gasteiger partial charge in [0.1, 0.15) is 0 Å². The number of para-hydroxylation sites is 1. The normalized spacial score (nSPS) is 16.7. The van der Waals surface area contributed by atoms with Crippen molar-refractivity contribution >= 4 is 22.7 Å². The average Bonchev–Trinajstić information content (AvgIpc) is 2.87. The van der Waals surface area contributed by atoms with Gasteiger partial charge in [0.05, 0.1) is 17.9 Å². The number of carbonyl (C=O) groups excluding carboxylic acids is 2. The summed E-state index contributed by atoms with van der Waals surface area (Å²) in [7, 11) is 0. The van der Waals surface area contributed by atoms with Crippen LogP contribution in [0.2, 0.25) is 0 Å². The van der Waals surface area contributed by atoms with Gasteiger partial charge in [-0.1, -0.05) is 18.2 Å². The van der Waals surface area contributed by atoms with E-state index in [0.29, 0.717) is 18.5 Å². The molecule has 1 heterocycles. The van der Waals surface area contributed by atoms with E-state index in [1.807, 2.05) is 24.3 Å². The Morgan fingerprint density at radius 3 is 2.86 bits per heavy atom. The Morgan fingerprint density at radius 2 is 2.10 bits per heavy atom. The van der Waals surface area contributed by atoms with Gasteiger partial charge in [0.15, 0.2) is 0 Å². The van der Waals surface area contributed by atoms with Crippen molar-refractivity contribution in [3.8, 4) is 0 Å². The van der Waals surface area contributed by atoms with Crippen molar-refractivity contribution in [3.05, 3.63) is 46.9 Å². The second kappa shape index (κ2) is 5.09. The van der Waals surface area contributed by atoms with E-state index in [2.05, 4.69) is 4.98 Å². The zero-order valence-corrected chi connectivity index (χ0v) is 11.6. The molecular formula is C16H15NO4. The fourth-order valence-electron chi connectivity index (χ4n) is 2.72. The van der Waals surface area contributed by atoms with Crippen molar-refractivity contribution in [1.82, 2.24) is 4.98 Å². The zero-order chi connectivity index (χ0) is 15.0. The quantitative estimate of drug-likeness (QED) is 0.505. The summed E-state index contributed by atoms with van der Waals surface area (Å²) in [5.74, 6) is -1.76. The van der Waals surface area contributed by atoms with Crippen LogP contribution in [0.25, 0.3) is 10.9 Å². The number of ketones is 1. The van der Waals surface area contributed by atoms with Gasteiger partial charge in [-0.15, -0.1) is 0 Å². The van der Waals surface area contributed by atoms with Gasteiger partial charge in [0, 0.05) is 10.9 Å². The summed E-state index contributed by atoms with van der Waals surface area (Å²) >= 11 is 0. The highest BCUT2D eigenvalue weighted by Crippen LogP contribution is 2.32. The van der Waals surface area contributed by atoms with Gasteiger partial charge in [-0.2, -0.15) is 0 Å². The fourth-order valence-corrected chi connectivity index (χ4v) is 2.72. The average molecular weight is 285 g/mol. The third kappa shape index (κ3) is 2.11. The third-order valence-electron chi connectivity index (χ3n) is 3.69. The number of aromatic nitrogens is 1. The number of hydrogen-bond acceptors (Lipinski definition) is 4. The van der Waals surface area contributed by atoms with Crippen LogP contribution in [0.15, 0.2) is 35.6 Å². The zero-order valence-electron chi connectivity index (χ0n) is 11.6. The molecule has 2 aromatic rings. The van der Waals surface area contributed by atoms with Gasteiger partial charge in [-0.3, -0.25) is 4.79 Å². The van der Waals surface area contributed by atoms with Crippen molar-refractivity contribution in [2.75, 3.05) is 6.61 Å². The molecule has 0 unspecified atom stereocenters. The molecular weight excluding hydrogens is 270 g/mol. The Kier molecular flexibility index (Phi) is 3.25. The predicted molar refractivity (Wildman–Crippen MR) is 77.2 cm³/mol. The number of rotatable bonds is 2. The molecule has 0 saturated heterocycles. The molecule has 3 rings (SSSR count). The number of hydrogen-bond donors (Lipinski definition) is 2. The first kappa shape index (κ1) is 13.4. The molecule has 0 bridgehead atoms. The van der Waals surface area contributed by atoms with Gasteiger partial charge < -0.3 is 14.8 Å². The predicted octanol–water partition coefficient (Wildman–Crippen LogP) is 2.67. The number of H-pyrrole nitrogens is 1. The molecule has 108 valence electrons. The van der Waals surface area contributed by atoms with E-state index in [1.54, 1.807) is 6.92 Å². The second-order valence-electron chi connectivity index (χ2n) is 4.90. The summed E-state index contributed by atoms with van der Waals surface area (Å²) in [5, 5.41) is 10.9. The van der Waals surface area contributed by atoms with Gasteiger partial charge >= 0.3 is 5.97 Å². The Morgan fingerprint density at radius 1 is 1.33 bits per heavy atom. The number of Topliss-reactive ketones (excluding diaryl/α,β-unsaturated/α-hetero) is 1. The molecule has 0 radical (unpaired) electrons. The minimum absolute atomic E-state index is 0.118. The molecule has 0 aliphatic heterocycles. The van der Waals surface area contributed by atoms with Crippen LogP contribution in [-0.4, -0.2) is 28.4 Å². The Labute approximate surface area is 121 Å². The summed E-state index contributed by atoms with van der Waals surface area (Å²) in [6, 6.07) is 7.66. The molecule has 0 fully saturated rings. The molecule has 1 aliphatic carbocycles. The van der Waals surface area contributed by atoms with E-state index in [0.717, 1.165) is 16.5 Å². The molecule has 1 aromatic carbocycles. The number of aromatic amines is 1. The number of aliphatic hydroxyl groups excluding tert-OH is 1. The molecule has 0 amide bonds. The van der Waals surface area contributed by atoms with Crippen LogP contribution in [0.1, 0.15) is 29.4 Å². The van der Waals surface area contributed by atoms with Gasteiger partial charge in [-0.25, -0.2) is 4.79 Å². The molecule has 0 spiro atoms. The number of aliphatic hydroxyl groups is 1. The third-order valence-corrected chi connectivity index (χ3v) is 3.69. The molecule has 1 aromatic heterocycles. The topological polar surface area (TPSA) is 79.4 Å². The van der Waals surface area contributed by atoms with Crippen LogP contribution in [0.3, 0.4) is 0 Å². The number of fused-ring (bicyclic) bond motifs is 3. The number of aryl methyl sites for hydroxylation is 1. The Balaban J connectivity index is 2.07. The molecule has 0 saturated carbocycles. The lowest BCUT2D eigenvalue weighted by atomic mass is 9.89. The lowest BCUT2D eigenvalue weighted by molar-refractivity contribution is -0.141. The number of nitrogens with one attached hydrogen (secondary N) is 1. The van der Waals surface area contributed by atoms with E-state index in [9.17, 15) is 14.7 Å². The van der Waals surface area contributed by atoms with E-state index >= 15 is 0 Å². The van der Waals surface area contributed by atoms with Gasteiger partial charge in [0.2, 0.25) is 11.5 Å². The molecule has 5 nitrogen and oxygen atoms in total. The molecule has 1 aliphatic rings. The number of ether oxygens (including phenoxy) is 1. The number of allylic oxidation sites excluding steroid dienone is 1. The van der Waals surface area contributed by atoms with E-state index < -0.39 is 11.7 Å². The van der Waals surface area contributed by atoms with Gasteiger partial charge in [0.25, 0.3) is 0 Å². The summed E-state index contributed by atoms with van der Waals surface area (Å²) < 4.78 is 4.74. The monoisotopic (exact) mass is 285 g/mol. The Bertz CT molecular complexity index is 770. The Hall–Kier alpha value is -2.56. The van der Waals surface area contributed by atoms with E-state index in [1.165, 1.54) is 0 Å². The van der Waals surface area contributed by atoms with Crippen molar-refractivity contribution in [3.63, 3.8) is 0 Å². The van der Waals surface area contributed by atoms with Crippen LogP contribution >= 0.6 is 0 Å². The van der Waals surface area contributed by atoms with E-state index in [4.69, 9.17) is 4.74 Å². The first-order valence-electron chi connectivity index (χ1n) is 6.87. The van der Waals surface area contributed by atoms with Crippen molar-refractivity contribution in [1.29, 1.82) is 0 Å². The molecule has 5 heteroatoms. The number of esters is 1. The lowest BCUT2D eigenvalue weighted by Gasteiger charge is -2.15. The van der Waals surface area contributed by atoms with Crippen molar-refractivity contribution < 1.29 is 19.4 Å². The summed E-state index contributed by atoms with van der Waals surface area (Å²) in [6.45, 7) is 1.80. The first-order valence-corrected chi connectivity index (χ1v) is 6.87. The molecule has 0 atom stereocenters. The minimum atomic E-state index is -0.847. The smallest absolute Gasteiger partial charge is 0.373 e. The standard InChI is InChI=1S/C16H15NO4/c1-2-21-16(20)15(19)11-8-7-10-9-5-3-4-6-12(9)17-13(10)14(11)18/h3-6,17,19H,2,7-8H2,1H3/b15-11-. The summed E-state index contributed by atoms with van der Waals surface area (Å²) in [4.78, 5) is 27.1. The van der Waals surface area contributed by atoms with Crippen LogP contribution in [-0.2, 0) is 16.0 Å². The first-order chi connectivity index (χ1) is 10.1.